The van der Waals surface area contributed by atoms with Gasteiger partial charge in [-0.15, -0.1) is 24.9 Å². The van der Waals surface area contributed by atoms with Gasteiger partial charge in [-0.1, -0.05) is 35.9 Å². The number of allylic oxidation sites excluding steroid dienone is 1. The van der Waals surface area contributed by atoms with Crippen LogP contribution in [0, 0.1) is 11.8 Å². The smallest absolute Gasteiger partial charge is 0.310 e. The van der Waals surface area contributed by atoms with E-state index in [1.807, 2.05) is 12.1 Å². The Bertz CT molecular complexity index is 1050. The minimum absolute atomic E-state index is 0.0573. The molecule has 3 saturated heterocycles. The second-order valence-corrected chi connectivity index (χ2v) is 11.8. The first kappa shape index (κ1) is 27.7. The maximum atomic E-state index is 14.3. The molecule has 0 saturated carbocycles. The minimum Gasteiger partial charge on any atom is -0.465 e. The number of hydrogen-bond acceptors (Lipinski definition) is 6. The number of anilines is 1. The van der Waals surface area contributed by atoms with Crippen LogP contribution in [0.4, 0.5) is 5.69 Å². The Morgan fingerprint density at radius 1 is 1.24 bits per heavy atom. The Labute approximate surface area is 227 Å². The quantitative estimate of drug-likeness (QED) is 0.226. The molecule has 7 nitrogen and oxygen atoms in total. The average molecular weight is 547 g/mol. The SMILES string of the molecule is C=CCCCCOC(=O)[C@@H]1[C@H]2C(=O)N(CCCO)C(C(=O)N(CC=C)c3ccccc3Cl)C23CC[C@H]1S3. The van der Waals surface area contributed by atoms with Crippen molar-refractivity contribution < 1.29 is 24.2 Å². The van der Waals surface area contributed by atoms with E-state index in [-0.39, 0.29) is 42.7 Å². The molecule has 2 amide bonds. The summed E-state index contributed by atoms with van der Waals surface area (Å²) in [6.07, 6.45) is 7.72. The Morgan fingerprint density at radius 2 is 2.03 bits per heavy atom. The van der Waals surface area contributed by atoms with Gasteiger partial charge in [0.15, 0.2) is 0 Å². The average Bonchev–Trinajstić information content (AvgIpc) is 3.53. The molecule has 5 atom stereocenters. The van der Waals surface area contributed by atoms with Gasteiger partial charge in [-0.25, -0.2) is 0 Å². The minimum atomic E-state index is -0.770. The Morgan fingerprint density at radius 3 is 2.73 bits per heavy atom. The molecule has 2 unspecified atom stereocenters. The summed E-state index contributed by atoms with van der Waals surface area (Å²) in [4.78, 5) is 44.6. The van der Waals surface area contributed by atoms with Gasteiger partial charge in [0.05, 0.1) is 33.9 Å². The van der Waals surface area contributed by atoms with Crippen LogP contribution >= 0.6 is 23.4 Å². The van der Waals surface area contributed by atoms with Crippen molar-refractivity contribution >= 4 is 46.8 Å². The van der Waals surface area contributed by atoms with Gasteiger partial charge in [-0.3, -0.25) is 14.4 Å². The van der Waals surface area contributed by atoms with Gasteiger partial charge >= 0.3 is 5.97 Å². The lowest BCUT2D eigenvalue weighted by molar-refractivity contribution is -0.154. The van der Waals surface area contributed by atoms with Crippen LogP contribution < -0.4 is 4.90 Å². The summed E-state index contributed by atoms with van der Waals surface area (Å²) in [5, 5.41) is 9.90. The maximum Gasteiger partial charge on any atom is 0.310 e. The van der Waals surface area contributed by atoms with E-state index < -0.39 is 22.6 Å². The number of esters is 1. The number of aliphatic hydroxyl groups excluding tert-OH is 1. The van der Waals surface area contributed by atoms with Gasteiger partial charge in [-0.2, -0.15) is 0 Å². The van der Waals surface area contributed by atoms with E-state index >= 15 is 0 Å². The number of halogens is 1. The van der Waals surface area contributed by atoms with Crippen LogP contribution in [0.25, 0.3) is 0 Å². The van der Waals surface area contributed by atoms with Crippen LogP contribution in [-0.4, -0.2) is 70.1 Å². The van der Waals surface area contributed by atoms with E-state index in [1.165, 1.54) is 0 Å². The van der Waals surface area contributed by atoms with Crippen molar-refractivity contribution in [2.24, 2.45) is 11.8 Å². The summed E-state index contributed by atoms with van der Waals surface area (Å²) in [5.41, 5.74) is 0.552. The highest BCUT2D eigenvalue weighted by molar-refractivity contribution is 8.02. The molecule has 0 aromatic heterocycles. The monoisotopic (exact) mass is 546 g/mol. The molecule has 9 heteroatoms. The molecular formula is C28H35ClN2O5S. The number of thioether (sulfide) groups is 1. The van der Waals surface area contributed by atoms with Crippen molar-refractivity contribution in [1.29, 1.82) is 0 Å². The number of ether oxygens (including phenoxy) is 1. The number of rotatable bonds is 13. The molecule has 1 spiro atoms. The summed E-state index contributed by atoms with van der Waals surface area (Å²) in [7, 11) is 0. The second kappa shape index (κ2) is 12.0. The number of unbranched alkanes of at least 4 members (excludes halogenated alkanes) is 2. The highest BCUT2D eigenvalue weighted by Crippen LogP contribution is 2.66. The predicted octanol–water partition coefficient (Wildman–Crippen LogP) is 4.23. The molecule has 3 fully saturated rings. The number of aliphatic hydroxyl groups is 1. The normalized spacial score (nSPS) is 27.7. The lowest BCUT2D eigenvalue weighted by atomic mass is 9.71. The van der Waals surface area contributed by atoms with E-state index in [4.69, 9.17) is 16.3 Å². The van der Waals surface area contributed by atoms with Crippen LogP contribution in [0.1, 0.15) is 38.5 Å². The van der Waals surface area contributed by atoms with Gasteiger partial charge in [0.25, 0.3) is 5.91 Å². The van der Waals surface area contributed by atoms with Crippen molar-refractivity contribution in [3.05, 3.63) is 54.6 Å². The van der Waals surface area contributed by atoms with Crippen LogP contribution in [0.2, 0.25) is 5.02 Å². The summed E-state index contributed by atoms with van der Waals surface area (Å²) in [6, 6.07) is 6.34. The first-order chi connectivity index (χ1) is 17.9. The Kier molecular flexibility index (Phi) is 9.03. The first-order valence-electron chi connectivity index (χ1n) is 12.9. The number of likely N-dealkylation sites (tertiary alicyclic amines) is 1. The standard InChI is InChI=1S/C28H35ClN2O5S/c1-3-5-6-9-18-36-27(35)22-21-13-14-28(37-21)23(22)25(33)31(16-10-17-32)24(28)26(34)30(15-4-2)20-12-8-7-11-19(20)29/h3-4,7-8,11-12,21-24,32H,1-2,5-6,9-10,13-18H2/t21-,22+,23+,24?,28?/m1/s1. The fourth-order valence-corrected chi connectivity index (χ4v) is 8.53. The highest BCUT2D eigenvalue weighted by Gasteiger charge is 2.74. The third-order valence-corrected chi connectivity index (χ3v) is 9.90. The van der Waals surface area contributed by atoms with Crippen molar-refractivity contribution in [3.8, 4) is 0 Å². The number of carbonyl (C=O) groups is 3. The van der Waals surface area contributed by atoms with Crippen LogP contribution in [0.5, 0.6) is 0 Å². The number of carbonyl (C=O) groups excluding carboxylic acids is 3. The zero-order chi connectivity index (χ0) is 26.6. The lowest BCUT2D eigenvalue weighted by Gasteiger charge is -2.37. The molecule has 200 valence electrons. The van der Waals surface area contributed by atoms with E-state index in [1.54, 1.807) is 45.8 Å². The molecule has 1 aromatic rings. The molecular weight excluding hydrogens is 512 g/mol. The molecule has 0 radical (unpaired) electrons. The Hall–Kier alpha value is -2.29. The zero-order valence-electron chi connectivity index (χ0n) is 21.0. The number of hydrogen-bond donors (Lipinski definition) is 1. The van der Waals surface area contributed by atoms with Crippen molar-refractivity contribution in [3.63, 3.8) is 0 Å². The molecule has 37 heavy (non-hydrogen) atoms. The summed E-state index contributed by atoms with van der Waals surface area (Å²) < 4.78 is 4.92. The summed E-state index contributed by atoms with van der Waals surface area (Å²) in [5.74, 6) is -1.99. The number of benzene rings is 1. The van der Waals surface area contributed by atoms with Crippen LogP contribution in [0.3, 0.4) is 0 Å². The highest BCUT2D eigenvalue weighted by atomic mass is 35.5. The Balaban J connectivity index is 1.65. The van der Waals surface area contributed by atoms with Crippen molar-refractivity contribution in [2.75, 3.05) is 31.2 Å². The molecule has 3 aliphatic rings. The van der Waals surface area contributed by atoms with Crippen LogP contribution in [0.15, 0.2) is 49.6 Å². The zero-order valence-corrected chi connectivity index (χ0v) is 22.6. The number of amides is 2. The number of nitrogens with zero attached hydrogens (tertiary/aromatic N) is 2. The predicted molar refractivity (Wildman–Crippen MR) is 147 cm³/mol. The summed E-state index contributed by atoms with van der Waals surface area (Å²) in [6.45, 7) is 8.21. The maximum absolute atomic E-state index is 14.3. The van der Waals surface area contributed by atoms with E-state index in [9.17, 15) is 19.5 Å². The fraction of sp³-hybridized carbons (Fsp3) is 0.536. The van der Waals surface area contributed by atoms with Gasteiger partial charge < -0.3 is 19.6 Å². The summed E-state index contributed by atoms with van der Waals surface area (Å²) >= 11 is 8.07. The molecule has 2 bridgehead atoms. The van der Waals surface area contributed by atoms with E-state index in [0.717, 1.165) is 25.7 Å². The molecule has 3 aliphatic heterocycles. The number of fused-ring (bicyclic) bond motifs is 1. The molecule has 1 N–H and O–H groups in total. The lowest BCUT2D eigenvalue weighted by Crippen LogP contribution is -2.55. The van der Waals surface area contributed by atoms with Crippen LogP contribution in [-0.2, 0) is 19.1 Å². The molecule has 0 aliphatic carbocycles. The number of para-hydroxylation sites is 1. The van der Waals surface area contributed by atoms with Gasteiger partial charge in [0.2, 0.25) is 5.91 Å². The van der Waals surface area contributed by atoms with Gasteiger partial charge in [0, 0.05) is 24.9 Å². The van der Waals surface area contributed by atoms with Crippen molar-refractivity contribution in [1.82, 2.24) is 4.90 Å². The first-order valence-corrected chi connectivity index (χ1v) is 14.2. The molecule has 1 aromatic carbocycles. The van der Waals surface area contributed by atoms with Gasteiger partial charge in [0.1, 0.15) is 6.04 Å². The van der Waals surface area contributed by atoms with E-state index in [2.05, 4.69) is 13.2 Å². The molecule has 3 heterocycles. The van der Waals surface area contributed by atoms with E-state index in [0.29, 0.717) is 30.2 Å². The second-order valence-electron chi connectivity index (χ2n) is 9.81. The van der Waals surface area contributed by atoms with Gasteiger partial charge in [-0.05, 0) is 50.7 Å². The van der Waals surface area contributed by atoms with Crippen molar-refractivity contribution in [2.45, 2.75) is 54.6 Å². The fourth-order valence-electron chi connectivity index (χ4n) is 6.10. The topological polar surface area (TPSA) is 87.1 Å². The third-order valence-electron chi connectivity index (χ3n) is 7.63. The third kappa shape index (κ3) is 5.08. The largest absolute Gasteiger partial charge is 0.465 e. The molecule has 4 rings (SSSR count).